The zero-order chi connectivity index (χ0) is 18.1. The molecule has 0 aliphatic rings. The van der Waals surface area contributed by atoms with Gasteiger partial charge in [-0.05, 0) is 49.2 Å². The Bertz CT molecular complexity index is 1130. The number of hydrogen-bond acceptors (Lipinski definition) is 4. The highest BCUT2D eigenvalue weighted by Gasteiger charge is 2.15. The van der Waals surface area contributed by atoms with E-state index >= 15 is 0 Å². The monoisotopic (exact) mass is 359 g/mol. The van der Waals surface area contributed by atoms with Crippen molar-refractivity contribution in [3.05, 3.63) is 77.4 Å². The van der Waals surface area contributed by atoms with Crippen molar-refractivity contribution in [3.63, 3.8) is 0 Å². The summed E-state index contributed by atoms with van der Waals surface area (Å²) in [5, 5.41) is 19.0. The van der Waals surface area contributed by atoms with E-state index in [4.69, 9.17) is 0 Å². The second-order valence-corrected chi connectivity index (χ2v) is 7.07. The zero-order valence-corrected chi connectivity index (χ0v) is 15.4. The molecule has 4 rings (SSSR count). The summed E-state index contributed by atoms with van der Waals surface area (Å²) < 4.78 is 4.05. The molecule has 0 spiro atoms. The van der Waals surface area contributed by atoms with Crippen LogP contribution in [0.25, 0.3) is 11.2 Å². The molecule has 0 aliphatic heterocycles. The molecule has 0 N–H and O–H groups in total. The van der Waals surface area contributed by atoms with Crippen LogP contribution in [0, 0.1) is 25.2 Å². The van der Waals surface area contributed by atoms with Crippen molar-refractivity contribution in [2.45, 2.75) is 24.8 Å². The van der Waals surface area contributed by atoms with Gasteiger partial charge in [-0.1, -0.05) is 30.0 Å². The quantitative estimate of drug-likeness (QED) is 0.510. The number of thioether (sulfide) groups is 1. The lowest BCUT2D eigenvalue weighted by molar-refractivity contribution is 0.867. The van der Waals surface area contributed by atoms with Gasteiger partial charge in [-0.3, -0.25) is 4.57 Å². The van der Waals surface area contributed by atoms with Crippen LogP contribution in [0.5, 0.6) is 0 Å². The van der Waals surface area contributed by atoms with Gasteiger partial charge in [0, 0.05) is 23.8 Å². The van der Waals surface area contributed by atoms with Crippen LogP contribution in [0.4, 0.5) is 0 Å². The standard InChI is InChI=1S/C20H17N5S/c1-14-6-5-7-17(10-14)25-15(2)22-23-20(25)26-13-16-12-24-9-4-3-8-19(24)18(16)11-21/h3-10,12H,13H2,1-2H3. The van der Waals surface area contributed by atoms with Gasteiger partial charge in [0.05, 0.1) is 11.1 Å². The summed E-state index contributed by atoms with van der Waals surface area (Å²) in [4.78, 5) is 0. The van der Waals surface area contributed by atoms with Gasteiger partial charge in [0.25, 0.3) is 0 Å². The molecule has 3 aromatic heterocycles. The van der Waals surface area contributed by atoms with Crippen molar-refractivity contribution >= 4 is 17.3 Å². The van der Waals surface area contributed by atoms with Crippen LogP contribution in [0.1, 0.15) is 22.5 Å². The first kappa shape index (κ1) is 16.4. The minimum Gasteiger partial charge on any atom is -0.322 e. The summed E-state index contributed by atoms with van der Waals surface area (Å²) >= 11 is 1.59. The van der Waals surface area contributed by atoms with E-state index in [1.807, 2.05) is 48.0 Å². The van der Waals surface area contributed by atoms with E-state index in [0.29, 0.717) is 5.75 Å². The summed E-state index contributed by atoms with van der Waals surface area (Å²) in [5.41, 5.74) is 4.90. The molecule has 3 heterocycles. The highest BCUT2D eigenvalue weighted by molar-refractivity contribution is 7.98. The van der Waals surface area contributed by atoms with Gasteiger partial charge in [-0.25, -0.2) is 0 Å². The van der Waals surface area contributed by atoms with Gasteiger partial charge in [-0.15, -0.1) is 10.2 Å². The second kappa shape index (κ2) is 6.70. The molecule has 0 saturated heterocycles. The minimum absolute atomic E-state index is 0.661. The number of hydrogen-bond donors (Lipinski definition) is 0. The molecular weight excluding hydrogens is 342 g/mol. The molecule has 0 radical (unpaired) electrons. The third-order valence-electron chi connectivity index (χ3n) is 4.29. The summed E-state index contributed by atoms with van der Waals surface area (Å²) in [5.74, 6) is 1.51. The van der Waals surface area contributed by atoms with E-state index in [2.05, 4.69) is 46.0 Å². The Morgan fingerprint density at radius 2 is 2.00 bits per heavy atom. The van der Waals surface area contributed by atoms with Crippen molar-refractivity contribution in [2.24, 2.45) is 0 Å². The molecule has 0 amide bonds. The van der Waals surface area contributed by atoms with Crippen LogP contribution in [-0.2, 0) is 5.75 Å². The van der Waals surface area contributed by atoms with Crippen molar-refractivity contribution in [3.8, 4) is 11.8 Å². The molecular formula is C20H17N5S. The number of nitriles is 1. The molecule has 0 bridgehead atoms. The molecule has 1 aromatic carbocycles. The number of aryl methyl sites for hydroxylation is 2. The lowest BCUT2D eigenvalue weighted by atomic mass is 10.2. The lowest BCUT2D eigenvalue weighted by Gasteiger charge is -2.09. The molecule has 0 aliphatic carbocycles. The van der Waals surface area contributed by atoms with E-state index in [1.165, 1.54) is 5.56 Å². The normalized spacial score (nSPS) is 11.0. The largest absolute Gasteiger partial charge is 0.322 e. The molecule has 0 atom stereocenters. The maximum Gasteiger partial charge on any atom is 0.196 e. The summed E-state index contributed by atoms with van der Waals surface area (Å²) in [7, 11) is 0. The molecule has 128 valence electrons. The first-order valence-electron chi connectivity index (χ1n) is 8.28. The predicted molar refractivity (Wildman–Crippen MR) is 103 cm³/mol. The first-order valence-corrected chi connectivity index (χ1v) is 9.26. The van der Waals surface area contributed by atoms with Gasteiger partial charge in [0.1, 0.15) is 11.9 Å². The van der Waals surface area contributed by atoms with E-state index in [-0.39, 0.29) is 0 Å². The number of nitrogens with zero attached hydrogens (tertiary/aromatic N) is 5. The van der Waals surface area contributed by atoms with Gasteiger partial charge < -0.3 is 4.40 Å². The van der Waals surface area contributed by atoms with Gasteiger partial charge in [0.15, 0.2) is 5.16 Å². The smallest absolute Gasteiger partial charge is 0.196 e. The molecule has 0 fully saturated rings. The van der Waals surface area contributed by atoms with Gasteiger partial charge >= 0.3 is 0 Å². The Hall–Kier alpha value is -3.04. The number of fused-ring (bicyclic) bond motifs is 1. The Morgan fingerprint density at radius 3 is 2.81 bits per heavy atom. The summed E-state index contributed by atoms with van der Waals surface area (Å²) in [6, 6.07) is 16.5. The van der Waals surface area contributed by atoms with Crippen LogP contribution in [0.15, 0.2) is 60.0 Å². The van der Waals surface area contributed by atoms with Crippen LogP contribution < -0.4 is 0 Å². The fourth-order valence-electron chi connectivity index (χ4n) is 3.06. The summed E-state index contributed by atoms with van der Waals surface area (Å²) in [6.07, 6.45) is 3.98. The van der Waals surface area contributed by atoms with Crippen molar-refractivity contribution < 1.29 is 0 Å². The van der Waals surface area contributed by atoms with Crippen molar-refractivity contribution in [2.75, 3.05) is 0 Å². The predicted octanol–water partition coefficient (Wildman–Crippen LogP) is 4.30. The van der Waals surface area contributed by atoms with Crippen molar-refractivity contribution in [1.29, 1.82) is 5.26 Å². The molecule has 6 heteroatoms. The number of aromatic nitrogens is 4. The van der Waals surface area contributed by atoms with Crippen LogP contribution in [0.3, 0.4) is 0 Å². The van der Waals surface area contributed by atoms with Crippen LogP contribution in [0.2, 0.25) is 0 Å². The molecule has 5 nitrogen and oxygen atoms in total. The van der Waals surface area contributed by atoms with Crippen molar-refractivity contribution in [1.82, 2.24) is 19.2 Å². The van der Waals surface area contributed by atoms with E-state index < -0.39 is 0 Å². The zero-order valence-electron chi connectivity index (χ0n) is 14.5. The third-order valence-corrected chi connectivity index (χ3v) is 5.26. The van der Waals surface area contributed by atoms with Gasteiger partial charge in [-0.2, -0.15) is 5.26 Å². The molecule has 26 heavy (non-hydrogen) atoms. The fourth-order valence-corrected chi connectivity index (χ4v) is 4.03. The summed E-state index contributed by atoms with van der Waals surface area (Å²) in [6.45, 7) is 4.02. The van der Waals surface area contributed by atoms with Crippen LogP contribution in [-0.4, -0.2) is 19.2 Å². The molecule has 4 aromatic rings. The minimum atomic E-state index is 0.661. The van der Waals surface area contributed by atoms with E-state index in [0.717, 1.165) is 33.3 Å². The second-order valence-electron chi connectivity index (χ2n) is 6.13. The molecule has 0 unspecified atom stereocenters. The average Bonchev–Trinajstić information content (AvgIpc) is 3.19. The maximum atomic E-state index is 9.56. The topological polar surface area (TPSA) is 58.9 Å². The SMILES string of the molecule is Cc1cccc(-n2c(C)nnc2SCc2cn3ccccc3c2C#N)c1. The highest BCUT2D eigenvalue weighted by atomic mass is 32.2. The number of benzene rings is 1. The fraction of sp³-hybridized carbons (Fsp3) is 0.150. The third kappa shape index (κ3) is 2.87. The first-order chi connectivity index (χ1) is 12.7. The highest BCUT2D eigenvalue weighted by Crippen LogP contribution is 2.28. The average molecular weight is 359 g/mol. The Morgan fingerprint density at radius 1 is 1.12 bits per heavy atom. The van der Waals surface area contributed by atoms with E-state index in [1.54, 1.807) is 11.8 Å². The maximum absolute atomic E-state index is 9.56. The Kier molecular flexibility index (Phi) is 4.23. The lowest BCUT2D eigenvalue weighted by Crippen LogP contribution is -1.99. The number of rotatable bonds is 4. The van der Waals surface area contributed by atoms with Crippen LogP contribution >= 0.6 is 11.8 Å². The van der Waals surface area contributed by atoms with Gasteiger partial charge in [0.2, 0.25) is 0 Å². The van der Waals surface area contributed by atoms with E-state index in [9.17, 15) is 5.26 Å². The Labute approximate surface area is 155 Å². The Balaban J connectivity index is 1.67. The number of pyridine rings is 1. The molecule has 0 saturated carbocycles.